The third kappa shape index (κ3) is 9.07. The van der Waals surface area contributed by atoms with E-state index in [-0.39, 0.29) is 5.78 Å². The van der Waals surface area contributed by atoms with Gasteiger partial charge in [-0.1, -0.05) is 54.6 Å². The molecule has 0 aliphatic carbocycles. The molecule has 1 amide bonds. The fraction of sp³-hybridized carbons (Fsp3) is 0.533. The summed E-state index contributed by atoms with van der Waals surface area (Å²) in [5, 5.41) is 10.5. The van der Waals surface area contributed by atoms with E-state index in [1.54, 1.807) is 19.2 Å². The Morgan fingerprint density at radius 3 is 2.31 bits per heavy atom. The molecule has 0 spiro atoms. The molecular formula is C30H42N2O4. The predicted molar refractivity (Wildman–Crippen MR) is 143 cm³/mol. The molecule has 1 aliphatic rings. The zero-order chi connectivity index (χ0) is 26.1. The fourth-order valence-electron chi connectivity index (χ4n) is 4.56. The van der Waals surface area contributed by atoms with Crippen LogP contribution in [0.5, 0.6) is 0 Å². The quantitative estimate of drug-likeness (QED) is 0.420. The van der Waals surface area contributed by atoms with Gasteiger partial charge in [-0.15, -0.1) is 0 Å². The molecule has 36 heavy (non-hydrogen) atoms. The number of likely N-dealkylation sites (tertiary alicyclic amines) is 1. The van der Waals surface area contributed by atoms with Crippen LogP contribution >= 0.6 is 0 Å². The molecule has 0 saturated carbocycles. The highest BCUT2D eigenvalue weighted by Gasteiger charge is 2.22. The smallest absolute Gasteiger partial charge is 0.410 e. The van der Waals surface area contributed by atoms with Gasteiger partial charge in [-0.2, -0.15) is 0 Å². The SMILES string of the molecule is CN(CCC(O)c1ccc(C(=O)CCC2CCN(Cc3ccccc3)CC2)cc1)C(=O)OC(C)(C)C. The van der Waals surface area contributed by atoms with Crippen LogP contribution in [-0.2, 0) is 11.3 Å². The Morgan fingerprint density at radius 1 is 1.06 bits per heavy atom. The van der Waals surface area contributed by atoms with Crippen molar-refractivity contribution in [1.82, 2.24) is 9.80 Å². The molecule has 2 aromatic carbocycles. The lowest BCUT2D eigenvalue weighted by Gasteiger charge is -2.32. The summed E-state index contributed by atoms with van der Waals surface area (Å²) < 4.78 is 5.34. The van der Waals surface area contributed by atoms with Crippen molar-refractivity contribution in [2.45, 2.75) is 71.1 Å². The summed E-state index contributed by atoms with van der Waals surface area (Å²) in [6.07, 6.45) is 3.06. The van der Waals surface area contributed by atoms with Gasteiger partial charge in [-0.05, 0) is 76.6 Å². The molecule has 6 heteroatoms. The van der Waals surface area contributed by atoms with Crippen molar-refractivity contribution in [3.63, 3.8) is 0 Å². The van der Waals surface area contributed by atoms with Gasteiger partial charge in [-0.25, -0.2) is 4.79 Å². The molecule has 1 heterocycles. The van der Waals surface area contributed by atoms with E-state index in [1.165, 1.54) is 10.5 Å². The van der Waals surface area contributed by atoms with Crippen LogP contribution in [0, 0.1) is 5.92 Å². The van der Waals surface area contributed by atoms with E-state index in [0.717, 1.165) is 44.5 Å². The van der Waals surface area contributed by atoms with Crippen LogP contribution in [0.3, 0.4) is 0 Å². The second kappa shape index (κ2) is 13.0. The maximum atomic E-state index is 12.7. The minimum Gasteiger partial charge on any atom is -0.444 e. The van der Waals surface area contributed by atoms with E-state index in [1.807, 2.05) is 32.9 Å². The van der Waals surface area contributed by atoms with Gasteiger partial charge >= 0.3 is 6.09 Å². The zero-order valence-corrected chi connectivity index (χ0v) is 22.3. The number of hydrogen-bond donors (Lipinski definition) is 1. The number of aliphatic hydroxyl groups is 1. The standard InChI is InChI=1S/C30H42N2O4/c1-30(2,3)36-29(35)31(4)19-18-28(34)26-13-11-25(12-14-26)27(33)15-10-23-16-20-32(21-17-23)22-24-8-6-5-7-9-24/h5-9,11-14,23,28,34H,10,15-22H2,1-4H3. The summed E-state index contributed by atoms with van der Waals surface area (Å²) >= 11 is 0. The number of benzene rings is 2. The lowest BCUT2D eigenvalue weighted by Crippen LogP contribution is -2.35. The second-order valence-electron chi connectivity index (χ2n) is 11.0. The molecule has 6 nitrogen and oxygen atoms in total. The fourth-order valence-corrected chi connectivity index (χ4v) is 4.56. The van der Waals surface area contributed by atoms with E-state index in [2.05, 4.69) is 35.2 Å². The predicted octanol–water partition coefficient (Wildman–Crippen LogP) is 5.85. The Hall–Kier alpha value is -2.70. The molecule has 0 radical (unpaired) electrons. The second-order valence-corrected chi connectivity index (χ2v) is 11.0. The van der Waals surface area contributed by atoms with Crippen molar-refractivity contribution in [2.24, 2.45) is 5.92 Å². The van der Waals surface area contributed by atoms with E-state index in [9.17, 15) is 14.7 Å². The summed E-state index contributed by atoms with van der Waals surface area (Å²) in [5.41, 5.74) is 2.24. The summed E-state index contributed by atoms with van der Waals surface area (Å²) in [4.78, 5) is 28.8. The van der Waals surface area contributed by atoms with Gasteiger partial charge in [0.25, 0.3) is 0 Å². The number of carbonyl (C=O) groups is 2. The highest BCUT2D eigenvalue weighted by atomic mass is 16.6. The Kier molecular flexibility index (Phi) is 10.1. The van der Waals surface area contributed by atoms with Crippen LogP contribution in [0.1, 0.15) is 80.5 Å². The molecule has 1 aliphatic heterocycles. The van der Waals surface area contributed by atoms with Crippen molar-refractivity contribution in [3.05, 3.63) is 71.3 Å². The molecule has 1 fully saturated rings. The van der Waals surface area contributed by atoms with Crippen molar-refractivity contribution in [1.29, 1.82) is 0 Å². The van der Waals surface area contributed by atoms with Gasteiger partial charge in [0.15, 0.2) is 5.78 Å². The molecule has 1 N–H and O–H groups in total. The van der Waals surface area contributed by atoms with Gasteiger partial charge < -0.3 is 14.7 Å². The highest BCUT2D eigenvalue weighted by molar-refractivity contribution is 5.96. The van der Waals surface area contributed by atoms with Gasteiger partial charge in [0.1, 0.15) is 5.60 Å². The van der Waals surface area contributed by atoms with E-state index >= 15 is 0 Å². The topological polar surface area (TPSA) is 70.1 Å². The number of amides is 1. The summed E-state index contributed by atoms with van der Waals surface area (Å²) in [6, 6.07) is 17.8. The molecule has 1 unspecified atom stereocenters. The van der Waals surface area contributed by atoms with E-state index in [0.29, 0.717) is 30.9 Å². The maximum Gasteiger partial charge on any atom is 0.410 e. The first-order chi connectivity index (χ1) is 17.1. The van der Waals surface area contributed by atoms with Crippen LogP contribution in [0.4, 0.5) is 4.79 Å². The molecule has 3 rings (SSSR count). The summed E-state index contributed by atoms with van der Waals surface area (Å²) in [6.45, 7) is 9.03. The van der Waals surface area contributed by atoms with Crippen LogP contribution in [0.2, 0.25) is 0 Å². The van der Waals surface area contributed by atoms with Gasteiger partial charge in [0, 0.05) is 32.1 Å². The first kappa shape index (κ1) is 27.9. The molecule has 0 bridgehead atoms. The van der Waals surface area contributed by atoms with E-state index in [4.69, 9.17) is 4.74 Å². The Morgan fingerprint density at radius 2 is 1.69 bits per heavy atom. The van der Waals surface area contributed by atoms with Crippen LogP contribution in [0.25, 0.3) is 0 Å². The zero-order valence-electron chi connectivity index (χ0n) is 22.3. The number of Topliss-reactive ketones (excluding diaryl/α,β-unsaturated/α-hetero) is 1. The van der Waals surface area contributed by atoms with Gasteiger partial charge in [-0.3, -0.25) is 9.69 Å². The number of rotatable bonds is 10. The van der Waals surface area contributed by atoms with Crippen molar-refractivity contribution >= 4 is 11.9 Å². The van der Waals surface area contributed by atoms with Crippen molar-refractivity contribution in [3.8, 4) is 0 Å². The van der Waals surface area contributed by atoms with E-state index < -0.39 is 17.8 Å². The molecule has 196 valence electrons. The lowest BCUT2D eigenvalue weighted by atomic mass is 9.90. The van der Waals surface area contributed by atoms with Crippen molar-refractivity contribution in [2.75, 3.05) is 26.7 Å². The van der Waals surface area contributed by atoms with Gasteiger partial charge in [0.05, 0.1) is 6.10 Å². The largest absolute Gasteiger partial charge is 0.444 e. The van der Waals surface area contributed by atoms with Crippen LogP contribution < -0.4 is 0 Å². The average molecular weight is 495 g/mol. The Balaban J connectivity index is 1.38. The highest BCUT2D eigenvalue weighted by Crippen LogP contribution is 2.25. The molecule has 1 saturated heterocycles. The van der Waals surface area contributed by atoms with Crippen LogP contribution in [-0.4, -0.2) is 59.1 Å². The minimum atomic E-state index is -0.708. The average Bonchev–Trinajstić information content (AvgIpc) is 2.86. The first-order valence-corrected chi connectivity index (χ1v) is 13.1. The first-order valence-electron chi connectivity index (χ1n) is 13.1. The number of piperidine rings is 1. The summed E-state index contributed by atoms with van der Waals surface area (Å²) in [7, 11) is 1.66. The molecule has 1 atom stereocenters. The number of nitrogens with zero attached hydrogens (tertiary/aromatic N) is 2. The third-order valence-electron chi connectivity index (χ3n) is 6.80. The molecule has 0 aromatic heterocycles. The summed E-state index contributed by atoms with van der Waals surface area (Å²) in [5.74, 6) is 0.761. The number of carbonyl (C=O) groups excluding carboxylic acids is 2. The van der Waals surface area contributed by atoms with Gasteiger partial charge in [0.2, 0.25) is 0 Å². The number of ketones is 1. The number of ether oxygens (including phenoxy) is 1. The number of hydrogen-bond acceptors (Lipinski definition) is 5. The maximum absolute atomic E-state index is 12.7. The third-order valence-corrected chi connectivity index (χ3v) is 6.80. The number of aliphatic hydroxyl groups excluding tert-OH is 1. The normalized spacial score (nSPS) is 15.9. The molecular weight excluding hydrogens is 452 g/mol. The van der Waals surface area contributed by atoms with Crippen molar-refractivity contribution < 1.29 is 19.4 Å². The Bertz CT molecular complexity index is 961. The lowest BCUT2D eigenvalue weighted by molar-refractivity contribution is 0.0273. The Labute approximate surface area is 216 Å². The minimum absolute atomic E-state index is 0.160. The van der Waals surface area contributed by atoms with Crippen LogP contribution in [0.15, 0.2) is 54.6 Å². The molecule has 2 aromatic rings. The monoisotopic (exact) mass is 494 g/mol.